The van der Waals surface area contributed by atoms with Gasteiger partial charge in [-0.15, -0.1) is 0 Å². The number of rotatable bonds is 7. The number of aryl methyl sites for hydroxylation is 1. The predicted octanol–water partition coefficient (Wildman–Crippen LogP) is 1.87. The maximum absolute atomic E-state index is 12.3. The van der Waals surface area contributed by atoms with E-state index < -0.39 is 34.5 Å². The summed E-state index contributed by atoms with van der Waals surface area (Å²) in [6.45, 7) is 2.72. The van der Waals surface area contributed by atoms with E-state index in [9.17, 15) is 18.0 Å². The van der Waals surface area contributed by atoms with Crippen LogP contribution in [0.15, 0.2) is 59.5 Å². The fourth-order valence-corrected chi connectivity index (χ4v) is 3.41. The number of benzene rings is 2. The molecule has 0 aliphatic carbocycles. The highest BCUT2D eigenvalue weighted by molar-refractivity contribution is 7.89. The number of amides is 1. The lowest BCUT2D eigenvalue weighted by atomic mass is 10.2. The van der Waals surface area contributed by atoms with Gasteiger partial charge in [0.15, 0.2) is 6.61 Å². The first-order valence-corrected chi connectivity index (χ1v) is 9.76. The summed E-state index contributed by atoms with van der Waals surface area (Å²) in [6.07, 6.45) is 0. The fraction of sp³-hybridized carbons (Fsp3) is 0.263. The molecule has 1 amide bonds. The molecule has 0 saturated carbocycles. The summed E-state index contributed by atoms with van der Waals surface area (Å²) in [5.74, 6) is -1.26. The fourth-order valence-electron chi connectivity index (χ4n) is 2.22. The molecule has 0 aromatic heterocycles. The second-order valence-corrected chi connectivity index (χ2v) is 7.77. The Kier molecular flexibility index (Phi) is 6.70. The SMILES string of the molecule is Cc1ccc(S(=O)(=O)N[C@@H](C)C(=O)OCC(=O)N(C)c2ccccc2)cc1. The number of carbonyl (C=O) groups is 2. The van der Waals surface area contributed by atoms with Crippen LogP contribution in [0.1, 0.15) is 12.5 Å². The minimum atomic E-state index is -3.87. The summed E-state index contributed by atoms with van der Waals surface area (Å²) in [5, 5.41) is 0. The van der Waals surface area contributed by atoms with Gasteiger partial charge in [0.05, 0.1) is 4.90 Å². The number of hydrogen-bond donors (Lipinski definition) is 1. The molecular weight excluding hydrogens is 368 g/mol. The van der Waals surface area contributed by atoms with Gasteiger partial charge in [-0.3, -0.25) is 9.59 Å². The van der Waals surface area contributed by atoms with Crippen LogP contribution in [-0.2, 0) is 24.3 Å². The van der Waals surface area contributed by atoms with E-state index in [0.29, 0.717) is 5.69 Å². The Morgan fingerprint density at radius 1 is 1.07 bits per heavy atom. The highest BCUT2D eigenvalue weighted by Crippen LogP contribution is 2.12. The summed E-state index contributed by atoms with van der Waals surface area (Å²) >= 11 is 0. The lowest BCUT2D eigenvalue weighted by Gasteiger charge is -2.18. The van der Waals surface area contributed by atoms with Crippen LogP contribution >= 0.6 is 0 Å². The van der Waals surface area contributed by atoms with Crippen molar-refractivity contribution >= 4 is 27.6 Å². The molecule has 0 aliphatic heterocycles. The normalized spacial score (nSPS) is 12.3. The minimum absolute atomic E-state index is 0.0487. The Labute approximate surface area is 159 Å². The van der Waals surface area contributed by atoms with Crippen LogP contribution in [-0.4, -0.2) is 40.0 Å². The van der Waals surface area contributed by atoms with Crippen LogP contribution in [0.5, 0.6) is 0 Å². The molecule has 2 aromatic rings. The topological polar surface area (TPSA) is 92.8 Å². The lowest BCUT2D eigenvalue weighted by Crippen LogP contribution is -2.41. The molecule has 2 aromatic carbocycles. The Morgan fingerprint density at radius 2 is 1.67 bits per heavy atom. The third kappa shape index (κ3) is 5.63. The Morgan fingerprint density at radius 3 is 2.26 bits per heavy atom. The maximum atomic E-state index is 12.3. The van der Waals surface area contributed by atoms with Crippen LogP contribution in [0.4, 0.5) is 5.69 Å². The molecule has 0 unspecified atom stereocenters. The predicted molar refractivity (Wildman–Crippen MR) is 102 cm³/mol. The van der Waals surface area contributed by atoms with Crippen LogP contribution in [0.3, 0.4) is 0 Å². The molecular formula is C19H22N2O5S. The van der Waals surface area contributed by atoms with Crippen molar-refractivity contribution < 1.29 is 22.7 Å². The van der Waals surface area contributed by atoms with Crippen LogP contribution in [0.25, 0.3) is 0 Å². The van der Waals surface area contributed by atoms with E-state index in [2.05, 4.69) is 4.72 Å². The number of nitrogens with one attached hydrogen (secondary N) is 1. The molecule has 8 heteroatoms. The number of sulfonamides is 1. The van der Waals surface area contributed by atoms with Crippen LogP contribution in [0, 0.1) is 6.92 Å². The zero-order valence-corrected chi connectivity index (χ0v) is 16.2. The van der Waals surface area contributed by atoms with Gasteiger partial charge in [0.25, 0.3) is 5.91 Å². The smallest absolute Gasteiger partial charge is 0.324 e. The van der Waals surface area contributed by atoms with Crippen molar-refractivity contribution in [2.45, 2.75) is 24.8 Å². The van der Waals surface area contributed by atoms with Gasteiger partial charge in [0.1, 0.15) is 6.04 Å². The van der Waals surface area contributed by atoms with Gasteiger partial charge < -0.3 is 9.64 Å². The number of ether oxygens (including phenoxy) is 1. The quantitative estimate of drug-likeness (QED) is 0.729. The Hall–Kier alpha value is -2.71. The van der Waals surface area contributed by atoms with E-state index in [0.717, 1.165) is 5.56 Å². The van der Waals surface area contributed by atoms with E-state index in [1.54, 1.807) is 43.4 Å². The first-order valence-electron chi connectivity index (χ1n) is 8.28. The Balaban J connectivity index is 1.91. The molecule has 0 bridgehead atoms. The minimum Gasteiger partial charge on any atom is -0.454 e. The maximum Gasteiger partial charge on any atom is 0.324 e. The second-order valence-electron chi connectivity index (χ2n) is 6.05. The standard InChI is InChI=1S/C19H22N2O5S/c1-14-9-11-17(12-10-14)27(24,25)20-15(2)19(23)26-13-18(22)21(3)16-7-5-4-6-8-16/h4-12,15,20H,13H2,1-3H3/t15-/m0/s1. The molecule has 0 heterocycles. The number of carbonyl (C=O) groups excluding carboxylic acids is 2. The van der Waals surface area contributed by atoms with E-state index in [1.807, 2.05) is 13.0 Å². The number of esters is 1. The summed E-state index contributed by atoms with van der Waals surface area (Å²) in [7, 11) is -2.30. The van der Waals surface area contributed by atoms with Crippen LogP contribution < -0.4 is 9.62 Å². The lowest BCUT2D eigenvalue weighted by molar-refractivity contribution is -0.149. The van der Waals surface area contributed by atoms with Crippen molar-refractivity contribution in [2.24, 2.45) is 0 Å². The number of likely N-dealkylation sites (N-methyl/N-ethyl adjacent to an activating group) is 1. The zero-order valence-electron chi connectivity index (χ0n) is 15.4. The highest BCUT2D eigenvalue weighted by atomic mass is 32.2. The molecule has 0 spiro atoms. The monoisotopic (exact) mass is 390 g/mol. The van der Waals surface area contributed by atoms with E-state index in [4.69, 9.17) is 4.74 Å². The second kappa shape index (κ2) is 8.79. The van der Waals surface area contributed by atoms with Crippen LogP contribution in [0.2, 0.25) is 0 Å². The molecule has 27 heavy (non-hydrogen) atoms. The van der Waals surface area contributed by atoms with Crippen molar-refractivity contribution in [1.82, 2.24) is 4.72 Å². The molecule has 1 N–H and O–H groups in total. The van der Waals surface area contributed by atoms with Gasteiger partial charge >= 0.3 is 5.97 Å². The van der Waals surface area contributed by atoms with Crippen molar-refractivity contribution in [3.05, 3.63) is 60.2 Å². The molecule has 0 aliphatic rings. The number of anilines is 1. The largest absolute Gasteiger partial charge is 0.454 e. The van der Waals surface area contributed by atoms with Gasteiger partial charge in [-0.05, 0) is 38.1 Å². The van der Waals surface area contributed by atoms with Gasteiger partial charge in [-0.1, -0.05) is 35.9 Å². The third-order valence-corrected chi connectivity index (χ3v) is 5.43. The van der Waals surface area contributed by atoms with Crippen molar-refractivity contribution in [1.29, 1.82) is 0 Å². The summed E-state index contributed by atoms with van der Waals surface area (Å²) in [5.41, 5.74) is 1.58. The average molecular weight is 390 g/mol. The first-order chi connectivity index (χ1) is 12.7. The molecule has 0 saturated heterocycles. The van der Waals surface area contributed by atoms with Crippen molar-refractivity contribution in [2.75, 3.05) is 18.6 Å². The molecule has 2 rings (SSSR count). The van der Waals surface area contributed by atoms with Crippen molar-refractivity contribution in [3.63, 3.8) is 0 Å². The molecule has 7 nitrogen and oxygen atoms in total. The number of para-hydroxylation sites is 1. The molecule has 0 fully saturated rings. The first kappa shape index (κ1) is 20.6. The van der Waals surface area contributed by atoms with Gasteiger partial charge in [0.2, 0.25) is 10.0 Å². The van der Waals surface area contributed by atoms with E-state index in [-0.39, 0.29) is 4.90 Å². The van der Waals surface area contributed by atoms with E-state index in [1.165, 1.54) is 24.0 Å². The summed E-state index contributed by atoms with van der Waals surface area (Å²) in [4.78, 5) is 25.6. The highest BCUT2D eigenvalue weighted by Gasteiger charge is 2.24. The summed E-state index contributed by atoms with van der Waals surface area (Å²) < 4.78 is 31.8. The molecule has 0 radical (unpaired) electrons. The average Bonchev–Trinajstić information content (AvgIpc) is 2.65. The van der Waals surface area contributed by atoms with Gasteiger partial charge in [-0.25, -0.2) is 8.42 Å². The van der Waals surface area contributed by atoms with Gasteiger partial charge in [-0.2, -0.15) is 4.72 Å². The number of nitrogens with zero attached hydrogens (tertiary/aromatic N) is 1. The van der Waals surface area contributed by atoms with Gasteiger partial charge in [0, 0.05) is 12.7 Å². The molecule has 1 atom stereocenters. The third-order valence-electron chi connectivity index (χ3n) is 3.87. The Bertz CT molecular complexity index is 895. The molecule has 144 valence electrons. The summed E-state index contributed by atoms with van der Waals surface area (Å²) in [6, 6.07) is 14.0. The zero-order chi connectivity index (χ0) is 20.0. The number of hydrogen-bond acceptors (Lipinski definition) is 5. The van der Waals surface area contributed by atoms with E-state index >= 15 is 0 Å². The van der Waals surface area contributed by atoms with Crippen molar-refractivity contribution in [3.8, 4) is 0 Å².